The Labute approximate surface area is 122 Å². The van der Waals surface area contributed by atoms with Gasteiger partial charge in [0.05, 0.1) is 6.10 Å². The van der Waals surface area contributed by atoms with E-state index >= 15 is 0 Å². The average molecular weight is 329 g/mol. The van der Waals surface area contributed by atoms with Crippen molar-refractivity contribution in [3.8, 4) is 0 Å². The Morgan fingerprint density at radius 3 is 2.33 bits per heavy atom. The van der Waals surface area contributed by atoms with E-state index in [-0.39, 0.29) is 6.10 Å². The van der Waals surface area contributed by atoms with Gasteiger partial charge in [0.1, 0.15) is 0 Å². The van der Waals surface area contributed by atoms with E-state index in [4.69, 9.17) is 0 Å². The van der Waals surface area contributed by atoms with E-state index in [0.29, 0.717) is 5.92 Å². The monoisotopic (exact) mass is 328 g/mol. The number of halogens is 1. The standard InChI is InChI=1S/C15H21BrOS/c16-13-7-9-14(10-8-13)18-11-15(17)12-5-3-1-2-4-6-12/h7-10,12,15,17H,1-6,11H2. The molecule has 1 N–H and O–H groups in total. The molecule has 1 nitrogen and oxygen atoms in total. The molecular weight excluding hydrogens is 308 g/mol. The highest BCUT2D eigenvalue weighted by molar-refractivity contribution is 9.10. The molecule has 1 unspecified atom stereocenters. The van der Waals surface area contributed by atoms with Crippen molar-refractivity contribution >= 4 is 27.7 Å². The van der Waals surface area contributed by atoms with Crippen LogP contribution in [0.3, 0.4) is 0 Å². The predicted octanol–water partition coefficient (Wildman–Crippen LogP) is 4.87. The summed E-state index contributed by atoms with van der Waals surface area (Å²) in [6.45, 7) is 0. The second kappa shape index (κ2) is 7.56. The predicted molar refractivity (Wildman–Crippen MR) is 82.1 cm³/mol. The molecule has 1 saturated carbocycles. The zero-order chi connectivity index (χ0) is 12.8. The van der Waals surface area contributed by atoms with Crippen LogP contribution in [0.15, 0.2) is 33.6 Å². The van der Waals surface area contributed by atoms with E-state index in [2.05, 4.69) is 40.2 Å². The van der Waals surface area contributed by atoms with E-state index < -0.39 is 0 Å². The Hall–Kier alpha value is 0.01000. The van der Waals surface area contributed by atoms with E-state index in [1.54, 1.807) is 11.8 Å². The van der Waals surface area contributed by atoms with Crippen LogP contribution in [0.5, 0.6) is 0 Å². The van der Waals surface area contributed by atoms with Gasteiger partial charge in [0.15, 0.2) is 0 Å². The van der Waals surface area contributed by atoms with Gasteiger partial charge in [-0.1, -0.05) is 41.6 Å². The number of hydrogen-bond donors (Lipinski definition) is 1. The topological polar surface area (TPSA) is 20.2 Å². The lowest BCUT2D eigenvalue weighted by molar-refractivity contribution is 0.120. The smallest absolute Gasteiger partial charge is 0.0662 e. The molecule has 0 spiro atoms. The molecule has 1 aliphatic rings. The maximum absolute atomic E-state index is 10.3. The zero-order valence-corrected chi connectivity index (χ0v) is 13.0. The van der Waals surface area contributed by atoms with Crippen LogP contribution in [-0.4, -0.2) is 17.0 Å². The largest absolute Gasteiger partial charge is 0.392 e. The molecule has 0 aromatic heterocycles. The van der Waals surface area contributed by atoms with Crippen molar-refractivity contribution in [1.82, 2.24) is 0 Å². The lowest BCUT2D eigenvalue weighted by atomic mass is 9.95. The molecule has 1 fully saturated rings. The van der Waals surface area contributed by atoms with Crippen LogP contribution < -0.4 is 0 Å². The Morgan fingerprint density at radius 1 is 1.11 bits per heavy atom. The van der Waals surface area contributed by atoms with Crippen LogP contribution in [0.25, 0.3) is 0 Å². The summed E-state index contributed by atoms with van der Waals surface area (Å²) in [6.07, 6.45) is 7.57. The summed E-state index contributed by atoms with van der Waals surface area (Å²) in [6, 6.07) is 8.32. The van der Waals surface area contributed by atoms with Crippen molar-refractivity contribution < 1.29 is 5.11 Å². The molecule has 100 valence electrons. The fourth-order valence-corrected chi connectivity index (χ4v) is 3.77. The fraction of sp³-hybridized carbons (Fsp3) is 0.600. The van der Waals surface area contributed by atoms with Gasteiger partial charge in [0.2, 0.25) is 0 Å². The molecule has 1 aromatic rings. The van der Waals surface area contributed by atoms with Gasteiger partial charge in [-0.15, -0.1) is 11.8 Å². The molecule has 0 aliphatic heterocycles. The highest BCUT2D eigenvalue weighted by Gasteiger charge is 2.20. The number of hydrogen-bond acceptors (Lipinski definition) is 2. The lowest BCUT2D eigenvalue weighted by Crippen LogP contribution is -2.22. The molecular formula is C15H21BrOS. The van der Waals surface area contributed by atoms with Crippen molar-refractivity contribution in [2.24, 2.45) is 5.92 Å². The summed E-state index contributed by atoms with van der Waals surface area (Å²) in [7, 11) is 0. The Morgan fingerprint density at radius 2 is 1.72 bits per heavy atom. The van der Waals surface area contributed by atoms with Crippen LogP contribution in [0.2, 0.25) is 0 Å². The van der Waals surface area contributed by atoms with Gasteiger partial charge in [-0.2, -0.15) is 0 Å². The summed E-state index contributed by atoms with van der Waals surface area (Å²) in [5.41, 5.74) is 0. The number of aliphatic hydroxyl groups excluding tert-OH is 1. The molecule has 1 aromatic carbocycles. The molecule has 1 atom stereocenters. The van der Waals surface area contributed by atoms with Crippen molar-refractivity contribution in [2.45, 2.75) is 49.5 Å². The lowest BCUT2D eigenvalue weighted by Gasteiger charge is -2.20. The number of thioether (sulfide) groups is 1. The van der Waals surface area contributed by atoms with E-state index in [9.17, 15) is 5.11 Å². The first-order valence-corrected chi connectivity index (χ1v) is 8.60. The number of benzene rings is 1. The molecule has 0 saturated heterocycles. The Kier molecular flexibility index (Phi) is 6.06. The molecule has 0 radical (unpaired) electrons. The van der Waals surface area contributed by atoms with Gasteiger partial charge in [-0.05, 0) is 43.0 Å². The van der Waals surface area contributed by atoms with E-state index in [1.807, 2.05) is 0 Å². The van der Waals surface area contributed by atoms with Crippen LogP contribution in [0, 0.1) is 5.92 Å². The van der Waals surface area contributed by atoms with Crippen LogP contribution in [0.4, 0.5) is 0 Å². The van der Waals surface area contributed by atoms with Crippen LogP contribution >= 0.6 is 27.7 Å². The minimum Gasteiger partial charge on any atom is -0.392 e. The third kappa shape index (κ3) is 4.60. The first kappa shape index (κ1) is 14.4. The highest BCUT2D eigenvalue weighted by Crippen LogP contribution is 2.29. The maximum Gasteiger partial charge on any atom is 0.0662 e. The summed E-state index contributed by atoms with van der Waals surface area (Å²) >= 11 is 5.20. The highest BCUT2D eigenvalue weighted by atomic mass is 79.9. The van der Waals surface area contributed by atoms with Gasteiger partial charge in [-0.3, -0.25) is 0 Å². The summed E-state index contributed by atoms with van der Waals surface area (Å²) in [5.74, 6) is 1.35. The second-order valence-electron chi connectivity index (χ2n) is 5.08. The third-order valence-corrected chi connectivity index (χ3v) is 5.32. The normalized spacial score (nSPS) is 19.4. The van der Waals surface area contributed by atoms with Gasteiger partial charge in [0.25, 0.3) is 0 Å². The Balaban J connectivity index is 1.79. The SMILES string of the molecule is OC(CSc1ccc(Br)cc1)C1CCCCCC1. The van der Waals surface area contributed by atoms with E-state index in [1.165, 1.54) is 43.4 Å². The minimum absolute atomic E-state index is 0.142. The molecule has 18 heavy (non-hydrogen) atoms. The van der Waals surface area contributed by atoms with Crippen molar-refractivity contribution in [3.05, 3.63) is 28.7 Å². The summed E-state index contributed by atoms with van der Waals surface area (Å²) < 4.78 is 1.11. The molecule has 1 aliphatic carbocycles. The Bertz CT molecular complexity index is 344. The molecule has 0 amide bonds. The number of aliphatic hydroxyl groups is 1. The summed E-state index contributed by atoms with van der Waals surface area (Å²) in [5, 5.41) is 10.3. The molecule has 2 rings (SSSR count). The molecule has 0 bridgehead atoms. The molecule has 3 heteroatoms. The first-order valence-electron chi connectivity index (χ1n) is 6.82. The van der Waals surface area contributed by atoms with Gasteiger partial charge >= 0.3 is 0 Å². The first-order chi connectivity index (χ1) is 8.75. The van der Waals surface area contributed by atoms with Gasteiger partial charge in [-0.25, -0.2) is 0 Å². The quantitative estimate of drug-likeness (QED) is 0.628. The molecule has 0 heterocycles. The third-order valence-electron chi connectivity index (χ3n) is 3.68. The maximum atomic E-state index is 10.3. The van der Waals surface area contributed by atoms with Crippen molar-refractivity contribution in [2.75, 3.05) is 5.75 Å². The summed E-state index contributed by atoms with van der Waals surface area (Å²) in [4.78, 5) is 1.24. The average Bonchev–Trinajstić information content (AvgIpc) is 2.66. The minimum atomic E-state index is -0.142. The van der Waals surface area contributed by atoms with Gasteiger partial charge in [0, 0.05) is 15.1 Å². The van der Waals surface area contributed by atoms with Crippen LogP contribution in [-0.2, 0) is 0 Å². The fourth-order valence-electron chi connectivity index (χ4n) is 2.54. The van der Waals surface area contributed by atoms with Crippen molar-refractivity contribution in [3.63, 3.8) is 0 Å². The van der Waals surface area contributed by atoms with Crippen LogP contribution in [0.1, 0.15) is 38.5 Å². The van der Waals surface area contributed by atoms with Gasteiger partial charge < -0.3 is 5.11 Å². The number of rotatable bonds is 4. The van der Waals surface area contributed by atoms with Crippen molar-refractivity contribution in [1.29, 1.82) is 0 Å². The zero-order valence-electron chi connectivity index (χ0n) is 10.6. The van der Waals surface area contributed by atoms with E-state index in [0.717, 1.165) is 10.2 Å². The second-order valence-corrected chi connectivity index (χ2v) is 7.09.